The number of hydrogen-bond donors (Lipinski definition) is 2. The van der Waals surface area contributed by atoms with Gasteiger partial charge < -0.3 is 14.7 Å². The molecule has 0 saturated heterocycles. The molecule has 1 amide bonds. The summed E-state index contributed by atoms with van der Waals surface area (Å²) < 4.78 is 5.51. The van der Waals surface area contributed by atoms with Gasteiger partial charge in [-0.15, -0.1) is 0 Å². The molecule has 2 heterocycles. The Balaban J connectivity index is 1.31. The Hall–Kier alpha value is -3.34. The molecule has 4 aromatic rings. The van der Waals surface area contributed by atoms with Crippen molar-refractivity contribution in [2.24, 2.45) is 0 Å². The molecule has 0 fully saturated rings. The number of oxazole rings is 1. The fourth-order valence-electron chi connectivity index (χ4n) is 2.98. The van der Waals surface area contributed by atoms with Crippen LogP contribution in [0.15, 0.2) is 71.5 Å². The topological polar surface area (TPSA) is 70.9 Å². The van der Waals surface area contributed by atoms with Crippen molar-refractivity contribution in [3.63, 3.8) is 0 Å². The predicted molar refractivity (Wildman–Crippen MR) is 101 cm³/mol. The van der Waals surface area contributed by atoms with E-state index >= 15 is 0 Å². The van der Waals surface area contributed by atoms with Crippen LogP contribution in [0.3, 0.4) is 0 Å². The molecule has 0 bridgehead atoms. The van der Waals surface area contributed by atoms with E-state index in [0.717, 1.165) is 27.7 Å². The summed E-state index contributed by atoms with van der Waals surface area (Å²) in [5.41, 5.74) is 3.83. The van der Waals surface area contributed by atoms with Crippen LogP contribution in [0.1, 0.15) is 11.3 Å². The van der Waals surface area contributed by atoms with E-state index in [1.165, 1.54) is 0 Å². The molecule has 2 N–H and O–H groups in total. The number of benzene rings is 2. The second-order valence-corrected chi connectivity index (χ2v) is 6.15. The molecule has 130 valence electrons. The van der Waals surface area contributed by atoms with Crippen molar-refractivity contribution in [1.29, 1.82) is 0 Å². The molecule has 0 aliphatic rings. The summed E-state index contributed by atoms with van der Waals surface area (Å²) in [5, 5.41) is 4.04. The van der Waals surface area contributed by atoms with Gasteiger partial charge in [0.05, 0.1) is 12.1 Å². The Morgan fingerprint density at radius 1 is 1.08 bits per heavy atom. The normalized spacial score (nSPS) is 10.9. The van der Waals surface area contributed by atoms with Gasteiger partial charge in [-0.25, -0.2) is 4.98 Å². The Bertz CT molecular complexity index is 1020. The molecule has 0 atom stereocenters. The van der Waals surface area contributed by atoms with Crippen LogP contribution in [-0.2, 0) is 17.6 Å². The van der Waals surface area contributed by atoms with Gasteiger partial charge in [-0.1, -0.05) is 36.4 Å². The number of aromatic amines is 1. The standard InChI is InChI=1S/C21H19N3O2/c25-20(12-16-13-23-19-9-5-4-8-18(16)19)22-11-10-17-14-26-21(24-17)15-6-2-1-3-7-15/h1-9,13-14,23H,10-12H2,(H,22,25). The highest BCUT2D eigenvalue weighted by atomic mass is 16.3. The van der Waals surface area contributed by atoms with Crippen molar-refractivity contribution in [3.8, 4) is 11.5 Å². The lowest BCUT2D eigenvalue weighted by molar-refractivity contribution is -0.120. The van der Waals surface area contributed by atoms with E-state index in [1.807, 2.05) is 60.8 Å². The minimum absolute atomic E-state index is 0.00142. The fourth-order valence-corrected chi connectivity index (χ4v) is 2.98. The number of hydrogen-bond acceptors (Lipinski definition) is 3. The molecule has 5 heteroatoms. The van der Waals surface area contributed by atoms with E-state index in [0.29, 0.717) is 25.3 Å². The lowest BCUT2D eigenvalue weighted by Gasteiger charge is -2.03. The molecule has 5 nitrogen and oxygen atoms in total. The highest BCUT2D eigenvalue weighted by Gasteiger charge is 2.09. The third kappa shape index (κ3) is 3.52. The van der Waals surface area contributed by atoms with Crippen molar-refractivity contribution in [1.82, 2.24) is 15.3 Å². The molecule has 0 radical (unpaired) electrons. The third-order valence-corrected chi connectivity index (χ3v) is 4.30. The fraction of sp³-hybridized carbons (Fsp3) is 0.143. The minimum atomic E-state index is 0.00142. The van der Waals surface area contributed by atoms with E-state index < -0.39 is 0 Å². The maximum absolute atomic E-state index is 12.2. The lowest BCUT2D eigenvalue weighted by atomic mass is 10.1. The molecule has 0 spiro atoms. The van der Waals surface area contributed by atoms with Crippen LogP contribution in [0.2, 0.25) is 0 Å². The largest absolute Gasteiger partial charge is 0.444 e. The molecule has 0 aliphatic carbocycles. The summed E-state index contributed by atoms with van der Waals surface area (Å²) in [5.74, 6) is 0.604. The van der Waals surface area contributed by atoms with Gasteiger partial charge in [-0.3, -0.25) is 4.79 Å². The minimum Gasteiger partial charge on any atom is -0.444 e. The van der Waals surface area contributed by atoms with Gasteiger partial charge >= 0.3 is 0 Å². The zero-order chi connectivity index (χ0) is 17.8. The summed E-state index contributed by atoms with van der Waals surface area (Å²) in [6.07, 6.45) is 4.54. The van der Waals surface area contributed by atoms with E-state index in [4.69, 9.17) is 4.42 Å². The molecular weight excluding hydrogens is 326 g/mol. The Morgan fingerprint density at radius 2 is 1.88 bits per heavy atom. The first-order valence-corrected chi connectivity index (χ1v) is 8.61. The van der Waals surface area contributed by atoms with Crippen LogP contribution in [0.25, 0.3) is 22.4 Å². The first-order chi connectivity index (χ1) is 12.8. The molecule has 0 unspecified atom stereocenters. The Morgan fingerprint density at radius 3 is 2.77 bits per heavy atom. The number of carbonyl (C=O) groups is 1. The van der Waals surface area contributed by atoms with Crippen LogP contribution in [-0.4, -0.2) is 22.4 Å². The monoisotopic (exact) mass is 345 g/mol. The van der Waals surface area contributed by atoms with E-state index in [1.54, 1.807) is 6.26 Å². The first kappa shape index (κ1) is 16.1. The van der Waals surface area contributed by atoms with Gasteiger partial charge in [-0.05, 0) is 23.8 Å². The van der Waals surface area contributed by atoms with Gasteiger partial charge in [-0.2, -0.15) is 0 Å². The number of nitrogens with one attached hydrogen (secondary N) is 2. The number of para-hydroxylation sites is 1. The molecule has 0 saturated carbocycles. The molecule has 4 rings (SSSR count). The predicted octanol–water partition coefficient (Wildman–Crippen LogP) is 3.72. The number of carbonyl (C=O) groups excluding carboxylic acids is 1. The summed E-state index contributed by atoms with van der Waals surface area (Å²) in [6, 6.07) is 17.7. The number of rotatable bonds is 6. The van der Waals surface area contributed by atoms with Crippen molar-refractivity contribution in [2.75, 3.05) is 6.54 Å². The molecule has 0 aliphatic heterocycles. The van der Waals surface area contributed by atoms with Gasteiger partial charge in [0.25, 0.3) is 0 Å². The van der Waals surface area contributed by atoms with Crippen molar-refractivity contribution in [2.45, 2.75) is 12.8 Å². The molecule has 26 heavy (non-hydrogen) atoms. The zero-order valence-corrected chi connectivity index (χ0v) is 14.2. The summed E-state index contributed by atoms with van der Waals surface area (Å²) >= 11 is 0. The summed E-state index contributed by atoms with van der Waals surface area (Å²) in [6.45, 7) is 0.530. The number of amides is 1. The third-order valence-electron chi connectivity index (χ3n) is 4.30. The van der Waals surface area contributed by atoms with Crippen LogP contribution < -0.4 is 5.32 Å². The highest BCUT2D eigenvalue weighted by Crippen LogP contribution is 2.19. The van der Waals surface area contributed by atoms with Gasteiger partial charge in [0.2, 0.25) is 11.8 Å². The highest BCUT2D eigenvalue weighted by molar-refractivity contribution is 5.88. The van der Waals surface area contributed by atoms with Gasteiger partial charge in [0, 0.05) is 35.6 Å². The van der Waals surface area contributed by atoms with Crippen LogP contribution in [0.5, 0.6) is 0 Å². The molecule has 2 aromatic heterocycles. The van der Waals surface area contributed by atoms with Gasteiger partial charge in [0.15, 0.2) is 0 Å². The Labute approximate surface area is 151 Å². The van der Waals surface area contributed by atoms with Crippen LogP contribution >= 0.6 is 0 Å². The summed E-state index contributed by atoms with van der Waals surface area (Å²) in [4.78, 5) is 19.9. The van der Waals surface area contributed by atoms with Crippen molar-refractivity contribution < 1.29 is 9.21 Å². The van der Waals surface area contributed by atoms with E-state index in [9.17, 15) is 4.79 Å². The molecular formula is C21H19N3O2. The average Bonchev–Trinajstić information content (AvgIpc) is 3.30. The van der Waals surface area contributed by atoms with E-state index in [-0.39, 0.29) is 5.91 Å². The summed E-state index contributed by atoms with van der Waals surface area (Å²) in [7, 11) is 0. The quantitative estimate of drug-likeness (QED) is 0.559. The maximum atomic E-state index is 12.2. The number of fused-ring (bicyclic) bond motifs is 1. The van der Waals surface area contributed by atoms with Crippen LogP contribution in [0.4, 0.5) is 0 Å². The van der Waals surface area contributed by atoms with Crippen LogP contribution in [0, 0.1) is 0 Å². The maximum Gasteiger partial charge on any atom is 0.226 e. The SMILES string of the molecule is O=C(Cc1c[nH]c2ccccc12)NCCc1coc(-c2ccccc2)n1. The second kappa shape index (κ2) is 7.27. The second-order valence-electron chi connectivity index (χ2n) is 6.15. The number of nitrogens with zero attached hydrogens (tertiary/aromatic N) is 1. The zero-order valence-electron chi connectivity index (χ0n) is 14.2. The van der Waals surface area contributed by atoms with Crippen molar-refractivity contribution >= 4 is 16.8 Å². The molecule has 2 aromatic carbocycles. The number of H-pyrrole nitrogens is 1. The van der Waals surface area contributed by atoms with Crippen molar-refractivity contribution in [3.05, 3.63) is 78.3 Å². The first-order valence-electron chi connectivity index (χ1n) is 8.61. The number of aromatic nitrogens is 2. The van der Waals surface area contributed by atoms with E-state index in [2.05, 4.69) is 15.3 Å². The smallest absolute Gasteiger partial charge is 0.226 e. The lowest BCUT2D eigenvalue weighted by Crippen LogP contribution is -2.27. The average molecular weight is 345 g/mol. The Kier molecular flexibility index (Phi) is 4.51. The van der Waals surface area contributed by atoms with Gasteiger partial charge in [0.1, 0.15) is 6.26 Å².